The second-order valence-electron chi connectivity index (χ2n) is 6.54. The van der Waals surface area contributed by atoms with Crippen molar-refractivity contribution < 1.29 is 14.0 Å². The first-order valence-electron chi connectivity index (χ1n) is 9.00. The van der Waals surface area contributed by atoms with Crippen LogP contribution in [-0.4, -0.2) is 54.3 Å². The van der Waals surface area contributed by atoms with E-state index in [1.54, 1.807) is 29.2 Å². The smallest absolute Gasteiger partial charge is 0.246 e. The molecule has 2 aromatic rings. The molecule has 0 saturated carbocycles. The lowest BCUT2D eigenvalue weighted by atomic mass is 10.2. The average molecular weight is 402 g/mol. The highest BCUT2D eigenvalue weighted by Crippen LogP contribution is 2.13. The maximum atomic E-state index is 12.9. The Hall–Kier alpha value is -2.70. The van der Waals surface area contributed by atoms with Crippen molar-refractivity contribution in [1.82, 2.24) is 9.80 Å². The summed E-state index contributed by atoms with van der Waals surface area (Å²) in [5.74, 6) is -0.564. The van der Waals surface area contributed by atoms with Gasteiger partial charge in [0.1, 0.15) is 5.82 Å². The lowest BCUT2D eigenvalue weighted by Gasteiger charge is -2.33. The molecule has 2 aromatic carbocycles. The van der Waals surface area contributed by atoms with Gasteiger partial charge in [-0.2, -0.15) is 0 Å². The van der Waals surface area contributed by atoms with Crippen molar-refractivity contribution in [1.29, 1.82) is 0 Å². The van der Waals surface area contributed by atoms with Gasteiger partial charge in [-0.05, 0) is 48.0 Å². The van der Waals surface area contributed by atoms with E-state index in [4.69, 9.17) is 11.6 Å². The minimum Gasteiger partial charge on any atom is -0.337 e. The Morgan fingerprint density at radius 2 is 1.79 bits per heavy atom. The highest BCUT2D eigenvalue weighted by Gasteiger charge is 2.21. The fourth-order valence-electron chi connectivity index (χ4n) is 2.95. The molecular weight excluding hydrogens is 381 g/mol. The normalized spacial score (nSPS) is 15.0. The first kappa shape index (κ1) is 20.0. The van der Waals surface area contributed by atoms with Gasteiger partial charge in [-0.1, -0.05) is 23.7 Å². The van der Waals surface area contributed by atoms with Gasteiger partial charge in [-0.3, -0.25) is 14.5 Å². The van der Waals surface area contributed by atoms with Gasteiger partial charge in [0.2, 0.25) is 11.8 Å². The highest BCUT2D eigenvalue weighted by molar-refractivity contribution is 6.30. The Labute approximate surface area is 168 Å². The van der Waals surface area contributed by atoms with E-state index in [1.807, 2.05) is 17.0 Å². The second kappa shape index (κ2) is 9.48. The molecule has 0 unspecified atom stereocenters. The standard InChI is InChI=1S/C21H21ClFN3O2/c22-17-3-1-2-16(14-17)4-9-21(28)26-12-10-25(11-13-26)15-20(27)24-19-7-5-18(23)6-8-19/h1-9,14H,10-13,15H2,(H,24,27)/b9-4+. The van der Waals surface area contributed by atoms with Crippen LogP contribution < -0.4 is 5.32 Å². The SMILES string of the molecule is O=C(CN1CCN(C(=O)/C=C/c2cccc(Cl)c2)CC1)Nc1ccc(F)cc1. The van der Waals surface area contributed by atoms with Crippen molar-refractivity contribution in [3.63, 3.8) is 0 Å². The van der Waals surface area contributed by atoms with Gasteiger partial charge in [-0.15, -0.1) is 0 Å². The van der Waals surface area contributed by atoms with Crippen molar-refractivity contribution in [2.24, 2.45) is 0 Å². The van der Waals surface area contributed by atoms with E-state index in [0.29, 0.717) is 36.9 Å². The van der Waals surface area contributed by atoms with Gasteiger partial charge < -0.3 is 10.2 Å². The molecule has 1 heterocycles. The summed E-state index contributed by atoms with van der Waals surface area (Å²) in [5, 5.41) is 3.37. The number of nitrogens with zero attached hydrogens (tertiary/aromatic N) is 2. The Morgan fingerprint density at radius 1 is 1.07 bits per heavy atom. The predicted molar refractivity (Wildman–Crippen MR) is 109 cm³/mol. The van der Waals surface area contributed by atoms with E-state index in [9.17, 15) is 14.0 Å². The van der Waals surface area contributed by atoms with Gasteiger partial charge >= 0.3 is 0 Å². The zero-order chi connectivity index (χ0) is 19.9. The van der Waals surface area contributed by atoms with E-state index < -0.39 is 0 Å². The van der Waals surface area contributed by atoms with Gasteiger partial charge in [-0.25, -0.2) is 4.39 Å². The third-order valence-electron chi connectivity index (χ3n) is 4.45. The van der Waals surface area contributed by atoms with Gasteiger partial charge in [0.15, 0.2) is 0 Å². The van der Waals surface area contributed by atoms with Crippen molar-refractivity contribution in [2.45, 2.75) is 0 Å². The fourth-order valence-corrected chi connectivity index (χ4v) is 3.15. The van der Waals surface area contributed by atoms with Crippen LogP contribution in [0.5, 0.6) is 0 Å². The van der Waals surface area contributed by atoms with Crippen LogP contribution in [0.25, 0.3) is 6.08 Å². The molecule has 0 bridgehead atoms. The lowest BCUT2D eigenvalue weighted by molar-refractivity contribution is -0.127. The van der Waals surface area contributed by atoms with Crippen molar-refractivity contribution in [2.75, 3.05) is 38.0 Å². The summed E-state index contributed by atoms with van der Waals surface area (Å²) in [5.41, 5.74) is 1.43. The summed E-state index contributed by atoms with van der Waals surface area (Å²) < 4.78 is 12.9. The summed E-state index contributed by atoms with van der Waals surface area (Å²) >= 11 is 5.94. The van der Waals surface area contributed by atoms with E-state index in [1.165, 1.54) is 24.3 Å². The van der Waals surface area contributed by atoms with Crippen LogP contribution in [0.1, 0.15) is 5.56 Å². The fraction of sp³-hybridized carbons (Fsp3) is 0.238. The Kier molecular flexibility index (Phi) is 6.79. The molecule has 0 aliphatic carbocycles. The molecule has 5 nitrogen and oxygen atoms in total. The summed E-state index contributed by atoms with van der Waals surface area (Å²) in [4.78, 5) is 28.2. The number of amides is 2. The van der Waals surface area contributed by atoms with Gasteiger partial charge in [0.05, 0.1) is 6.54 Å². The van der Waals surface area contributed by atoms with Gasteiger partial charge in [0.25, 0.3) is 0 Å². The number of hydrogen-bond donors (Lipinski definition) is 1. The summed E-state index contributed by atoms with van der Waals surface area (Å²) in [6.45, 7) is 2.59. The number of carbonyl (C=O) groups is 2. The molecule has 7 heteroatoms. The first-order valence-corrected chi connectivity index (χ1v) is 9.38. The maximum absolute atomic E-state index is 12.9. The minimum atomic E-state index is -0.344. The minimum absolute atomic E-state index is 0.0598. The molecule has 1 aliphatic rings. The van der Waals surface area contributed by atoms with Crippen LogP contribution in [0.3, 0.4) is 0 Å². The van der Waals surface area contributed by atoms with E-state index in [-0.39, 0.29) is 24.2 Å². The molecule has 3 rings (SSSR count). The maximum Gasteiger partial charge on any atom is 0.246 e. The molecule has 0 atom stereocenters. The predicted octanol–water partition coefficient (Wildman–Crippen LogP) is 3.28. The molecule has 1 saturated heterocycles. The molecule has 1 aliphatic heterocycles. The summed E-state index contributed by atoms with van der Waals surface area (Å²) in [6, 6.07) is 12.9. The second-order valence-corrected chi connectivity index (χ2v) is 6.98. The molecule has 28 heavy (non-hydrogen) atoms. The number of rotatable bonds is 5. The number of benzene rings is 2. The van der Waals surface area contributed by atoms with Crippen LogP contribution >= 0.6 is 11.6 Å². The van der Waals surface area contributed by atoms with Crippen LogP contribution in [0.4, 0.5) is 10.1 Å². The largest absolute Gasteiger partial charge is 0.337 e. The van der Waals surface area contributed by atoms with Crippen LogP contribution in [0.15, 0.2) is 54.6 Å². The molecule has 0 spiro atoms. The summed E-state index contributed by atoms with van der Waals surface area (Å²) in [7, 11) is 0. The molecule has 146 valence electrons. The van der Waals surface area contributed by atoms with Gasteiger partial charge in [0, 0.05) is 43.0 Å². The number of nitrogens with one attached hydrogen (secondary N) is 1. The third kappa shape index (κ3) is 5.90. The monoisotopic (exact) mass is 401 g/mol. The van der Waals surface area contributed by atoms with E-state index in [0.717, 1.165) is 5.56 Å². The molecule has 1 N–H and O–H groups in total. The van der Waals surface area contributed by atoms with Crippen LogP contribution in [0.2, 0.25) is 5.02 Å². The Bertz CT molecular complexity index is 862. The zero-order valence-corrected chi connectivity index (χ0v) is 16.0. The van der Waals surface area contributed by atoms with Crippen molar-refractivity contribution in [3.05, 3.63) is 71.0 Å². The van der Waals surface area contributed by atoms with Crippen molar-refractivity contribution >= 4 is 35.2 Å². The van der Waals surface area contributed by atoms with Crippen LogP contribution in [0, 0.1) is 5.82 Å². The molecule has 0 aromatic heterocycles. The third-order valence-corrected chi connectivity index (χ3v) is 4.68. The Morgan fingerprint density at radius 3 is 2.46 bits per heavy atom. The summed E-state index contributed by atoms with van der Waals surface area (Å²) in [6.07, 6.45) is 3.29. The zero-order valence-electron chi connectivity index (χ0n) is 15.3. The number of halogens is 2. The number of piperazine rings is 1. The van der Waals surface area contributed by atoms with E-state index >= 15 is 0 Å². The molecule has 0 radical (unpaired) electrons. The van der Waals surface area contributed by atoms with E-state index in [2.05, 4.69) is 5.32 Å². The lowest BCUT2D eigenvalue weighted by Crippen LogP contribution is -2.50. The molecule has 2 amide bonds. The Balaban J connectivity index is 1.44. The highest BCUT2D eigenvalue weighted by atomic mass is 35.5. The number of anilines is 1. The topological polar surface area (TPSA) is 52.7 Å². The number of hydrogen-bond acceptors (Lipinski definition) is 3. The van der Waals surface area contributed by atoms with Crippen molar-refractivity contribution in [3.8, 4) is 0 Å². The quantitative estimate of drug-likeness (QED) is 0.782. The first-order chi connectivity index (χ1) is 13.5. The number of carbonyl (C=O) groups excluding carboxylic acids is 2. The molecular formula is C21H21ClFN3O2. The average Bonchev–Trinajstić information content (AvgIpc) is 2.68. The molecule has 1 fully saturated rings. The van der Waals surface area contributed by atoms with Crippen LogP contribution in [-0.2, 0) is 9.59 Å².